The first-order valence-corrected chi connectivity index (χ1v) is 7.53. The highest BCUT2D eigenvalue weighted by Gasteiger charge is 2.38. The molecule has 18 heavy (non-hydrogen) atoms. The highest BCUT2D eigenvalue weighted by molar-refractivity contribution is 5.80. The fourth-order valence-electron chi connectivity index (χ4n) is 2.65. The Morgan fingerprint density at radius 2 is 2.06 bits per heavy atom. The molecule has 4 heteroatoms. The minimum atomic E-state index is 0.556. The lowest BCUT2D eigenvalue weighted by molar-refractivity contribution is 0.315. The first-order valence-electron chi connectivity index (χ1n) is 7.53. The Morgan fingerprint density at radius 3 is 2.67 bits per heavy atom. The molecule has 0 bridgehead atoms. The van der Waals surface area contributed by atoms with E-state index in [1.165, 1.54) is 25.9 Å². The van der Waals surface area contributed by atoms with E-state index < -0.39 is 0 Å². The van der Waals surface area contributed by atoms with Gasteiger partial charge in [-0.25, -0.2) is 0 Å². The van der Waals surface area contributed by atoms with E-state index in [4.69, 9.17) is 0 Å². The molecule has 1 aliphatic heterocycles. The Kier molecular flexibility index (Phi) is 4.87. The monoisotopic (exact) mass is 252 g/mol. The fraction of sp³-hybridized carbons (Fsp3) is 0.929. The Bertz CT molecular complexity index is 286. The third-order valence-corrected chi connectivity index (χ3v) is 3.86. The first-order chi connectivity index (χ1) is 8.74. The minimum absolute atomic E-state index is 0.556. The van der Waals surface area contributed by atoms with Crippen LogP contribution in [0.5, 0.6) is 0 Å². The lowest BCUT2D eigenvalue weighted by Crippen LogP contribution is -2.46. The zero-order valence-electron chi connectivity index (χ0n) is 12.1. The van der Waals surface area contributed by atoms with Crippen LogP contribution in [-0.4, -0.2) is 49.1 Å². The molecular formula is C14H28N4. The van der Waals surface area contributed by atoms with Crippen LogP contribution in [0.25, 0.3) is 0 Å². The summed E-state index contributed by atoms with van der Waals surface area (Å²) in [5.41, 5.74) is 0. The second-order valence-corrected chi connectivity index (χ2v) is 5.67. The third kappa shape index (κ3) is 3.61. The molecular weight excluding hydrogens is 224 g/mol. The fourth-order valence-corrected chi connectivity index (χ4v) is 2.65. The summed E-state index contributed by atoms with van der Waals surface area (Å²) in [6.07, 6.45) is 3.91. The van der Waals surface area contributed by atoms with E-state index in [9.17, 15) is 0 Å². The van der Waals surface area contributed by atoms with Gasteiger partial charge in [0.1, 0.15) is 0 Å². The van der Waals surface area contributed by atoms with Crippen molar-refractivity contribution in [2.75, 3.05) is 26.2 Å². The van der Waals surface area contributed by atoms with Gasteiger partial charge in [-0.2, -0.15) is 0 Å². The maximum absolute atomic E-state index is 4.59. The second kappa shape index (κ2) is 6.41. The van der Waals surface area contributed by atoms with Gasteiger partial charge < -0.3 is 10.6 Å². The smallest absolute Gasteiger partial charge is 0.191 e. The van der Waals surface area contributed by atoms with Crippen molar-refractivity contribution in [3.63, 3.8) is 0 Å². The van der Waals surface area contributed by atoms with Crippen LogP contribution in [0.4, 0.5) is 0 Å². The molecule has 2 rings (SSSR count). The third-order valence-electron chi connectivity index (χ3n) is 3.86. The van der Waals surface area contributed by atoms with Gasteiger partial charge in [-0.1, -0.05) is 13.8 Å². The second-order valence-electron chi connectivity index (χ2n) is 5.67. The molecule has 0 aromatic heterocycles. The maximum Gasteiger partial charge on any atom is 0.191 e. The SMILES string of the molecule is CCCN=C(NCC)NC1CN(C2CC2)CC1C. The Hall–Kier alpha value is -0.770. The van der Waals surface area contributed by atoms with Gasteiger partial charge in [0.2, 0.25) is 0 Å². The van der Waals surface area contributed by atoms with Crippen LogP contribution < -0.4 is 10.6 Å². The molecule has 0 aromatic rings. The zero-order valence-corrected chi connectivity index (χ0v) is 12.1. The lowest BCUT2D eigenvalue weighted by atomic mass is 10.1. The summed E-state index contributed by atoms with van der Waals surface area (Å²) in [4.78, 5) is 7.24. The number of hydrogen-bond donors (Lipinski definition) is 2. The molecule has 104 valence electrons. The molecule has 0 amide bonds. The first kappa shape index (κ1) is 13.7. The summed E-state index contributed by atoms with van der Waals surface area (Å²) in [6, 6.07) is 1.44. The van der Waals surface area contributed by atoms with Gasteiger partial charge >= 0.3 is 0 Å². The molecule has 0 radical (unpaired) electrons. The summed E-state index contributed by atoms with van der Waals surface area (Å²) in [5.74, 6) is 1.71. The standard InChI is InChI=1S/C14H28N4/c1-4-8-16-14(15-5-2)17-13-10-18(9-11(13)3)12-6-7-12/h11-13H,4-10H2,1-3H3,(H2,15,16,17). The van der Waals surface area contributed by atoms with Gasteiger partial charge in [0, 0.05) is 38.3 Å². The molecule has 1 saturated heterocycles. The van der Waals surface area contributed by atoms with E-state index >= 15 is 0 Å². The number of rotatable bonds is 5. The van der Waals surface area contributed by atoms with Crippen LogP contribution in [0.1, 0.15) is 40.0 Å². The van der Waals surface area contributed by atoms with Crippen molar-refractivity contribution in [2.24, 2.45) is 10.9 Å². The summed E-state index contributed by atoms with van der Waals surface area (Å²) < 4.78 is 0. The highest BCUT2D eigenvalue weighted by atomic mass is 15.3. The number of hydrogen-bond acceptors (Lipinski definition) is 2. The van der Waals surface area contributed by atoms with Crippen molar-refractivity contribution in [1.82, 2.24) is 15.5 Å². The summed E-state index contributed by atoms with van der Waals surface area (Å²) in [6.45, 7) is 10.9. The van der Waals surface area contributed by atoms with Crippen LogP contribution in [0, 0.1) is 5.92 Å². The molecule has 2 fully saturated rings. The maximum atomic E-state index is 4.59. The molecule has 2 aliphatic rings. The van der Waals surface area contributed by atoms with Gasteiger partial charge in [-0.3, -0.25) is 9.89 Å². The van der Waals surface area contributed by atoms with Crippen molar-refractivity contribution in [2.45, 2.75) is 52.1 Å². The molecule has 0 aromatic carbocycles. The quantitative estimate of drug-likeness (QED) is 0.574. The Labute approximate surface area is 111 Å². The average Bonchev–Trinajstić information content (AvgIpc) is 3.13. The molecule has 1 saturated carbocycles. The zero-order chi connectivity index (χ0) is 13.0. The van der Waals surface area contributed by atoms with Crippen molar-refractivity contribution in [1.29, 1.82) is 0 Å². The molecule has 1 aliphatic carbocycles. The largest absolute Gasteiger partial charge is 0.357 e. The van der Waals surface area contributed by atoms with Gasteiger partial charge in [-0.05, 0) is 32.1 Å². The predicted molar refractivity (Wildman–Crippen MR) is 77.0 cm³/mol. The van der Waals surface area contributed by atoms with Crippen molar-refractivity contribution >= 4 is 5.96 Å². The molecule has 0 spiro atoms. The average molecular weight is 252 g/mol. The number of aliphatic imine (C=N–C) groups is 1. The van der Waals surface area contributed by atoms with E-state index in [2.05, 4.69) is 41.3 Å². The number of nitrogens with one attached hydrogen (secondary N) is 2. The topological polar surface area (TPSA) is 39.7 Å². The van der Waals surface area contributed by atoms with E-state index in [1.807, 2.05) is 0 Å². The molecule has 1 heterocycles. The highest BCUT2D eigenvalue weighted by Crippen LogP contribution is 2.31. The number of likely N-dealkylation sites (tertiary alicyclic amines) is 1. The van der Waals surface area contributed by atoms with Crippen LogP contribution >= 0.6 is 0 Å². The molecule has 2 atom stereocenters. The Balaban J connectivity index is 1.85. The van der Waals surface area contributed by atoms with Gasteiger partial charge in [0.05, 0.1) is 0 Å². The van der Waals surface area contributed by atoms with Crippen LogP contribution in [0.2, 0.25) is 0 Å². The lowest BCUT2D eigenvalue weighted by Gasteiger charge is -2.20. The van der Waals surface area contributed by atoms with Gasteiger partial charge in [0.25, 0.3) is 0 Å². The van der Waals surface area contributed by atoms with E-state index in [0.29, 0.717) is 6.04 Å². The molecule has 4 nitrogen and oxygen atoms in total. The van der Waals surface area contributed by atoms with Gasteiger partial charge in [-0.15, -0.1) is 0 Å². The van der Waals surface area contributed by atoms with E-state index in [0.717, 1.165) is 37.4 Å². The van der Waals surface area contributed by atoms with E-state index in [-0.39, 0.29) is 0 Å². The van der Waals surface area contributed by atoms with Crippen LogP contribution in [-0.2, 0) is 0 Å². The molecule has 2 unspecified atom stereocenters. The summed E-state index contributed by atoms with van der Waals surface area (Å²) in [7, 11) is 0. The van der Waals surface area contributed by atoms with Crippen molar-refractivity contribution < 1.29 is 0 Å². The number of guanidine groups is 1. The summed E-state index contributed by atoms with van der Waals surface area (Å²) >= 11 is 0. The predicted octanol–water partition coefficient (Wildman–Crippen LogP) is 1.43. The van der Waals surface area contributed by atoms with Crippen molar-refractivity contribution in [3.05, 3.63) is 0 Å². The van der Waals surface area contributed by atoms with Crippen molar-refractivity contribution in [3.8, 4) is 0 Å². The van der Waals surface area contributed by atoms with Crippen LogP contribution in [0.15, 0.2) is 4.99 Å². The molecule has 2 N–H and O–H groups in total. The normalized spacial score (nSPS) is 29.6. The number of nitrogens with zero attached hydrogens (tertiary/aromatic N) is 2. The summed E-state index contributed by atoms with van der Waals surface area (Å²) in [5, 5.41) is 6.96. The Morgan fingerprint density at radius 1 is 1.28 bits per heavy atom. The minimum Gasteiger partial charge on any atom is -0.357 e. The van der Waals surface area contributed by atoms with Gasteiger partial charge in [0.15, 0.2) is 5.96 Å². The van der Waals surface area contributed by atoms with Crippen LogP contribution in [0.3, 0.4) is 0 Å². The van der Waals surface area contributed by atoms with E-state index in [1.54, 1.807) is 0 Å².